The molecule has 166 valence electrons. The van der Waals surface area contributed by atoms with E-state index in [1.807, 2.05) is 0 Å². The van der Waals surface area contributed by atoms with Gasteiger partial charge in [0.25, 0.3) is 0 Å². The summed E-state index contributed by atoms with van der Waals surface area (Å²) in [6.45, 7) is 4.61. The van der Waals surface area contributed by atoms with Crippen molar-refractivity contribution >= 4 is 0 Å². The van der Waals surface area contributed by atoms with Crippen LogP contribution in [0, 0.1) is 36.2 Å². The second kappa shape index (κ2) is 11.2. The molecule has 0 saturated carbocycles. The van der Waals surface area contributed by atoms with Crippen LogP contribution in [-0.4, -0.2) is 26.1 Å². The lowest BCUT2D eigenvalue weighted by molar-refractivity contribution is -0.154. The number of halogens is 3. The van der Waals surface area contributed by atoms with E-state index in [2.05, 4.69) is 18.8 Å². The summed E-state index contributed by atoms with van der Waals surface area (Å²) in [4.78, 5) is 0. The summed E-state index contributed by atoms with van der Waals surface area (Å²) >= 11 is 0. The fourth-order valence-electron chi connectivity index (χ4n) is 3.29. The van der Waals surface area contributed by atoms with E-state index in [0.717, 1.165) is 19.3 Å². The molecule has 0 bridgehead atoms. The molecule has 2 aromatic carbocycles. The zero-order valence-electron chi connectivity index (χ0n) is 17.8. The van der Waals surface area contributed by atoms with Crippen molar-refractivity contribution in [2.75, 3.05) is 19.8 Å². The summed E-state index contributed by atoms with van der Waals surface area (Å²) in [7, 11) is 0. The van der Waals surface area contributed by atoms with Gasteiger partial charge in [-0.05, 0) is 42.5 Å². The van der Waals surface area contributed by atoms with Crippen LogP contribution in [0.15, 0.2) is 30.3 Å². The number of unbranched alkanes of at least 4 members (excludes halogenated alkanes) is 3. The van der Waals surface area contributed by atoms with E-state index in [9.17, 15) is 13.2 Å². The lowest BCUT2D eigenvalue weighted by Crippen LogP contribution is -2.30. The number of benzene rings is 2. The third-order valence-electron chi connectivity index (χ3n) is 5.18. The highest BCUT2D eigenvalue weighted by atomic mass is 19.2. The molecule has 3 nitrogen and oxygen atoms in total. The van der Waals surface area contributed by atoms with E-state index >= 15 is 0 Å². The van der Waals surface area contributed by atoms with Gasteiger partial charge in [-0.1, -0.05) is 44.2 Å². The molecule has 1 saturated heterocycles. The molecule has 1 aliphatic rings. The molecule has 6 heteroatoms. The molecule has 3 rings (SSSR count). The lowest BCUT2D eigenvalue weighted by Gasteiger charge is -2.27. The van der Waals surface area contributed by atoms with Gasteiger partial charge >= 0.3 is 0 Å². The first-order valence-electron chi connectivity index (χ1n) is 10.6. The van der Waals surface area contributed by atoms with Gasteiger partial charge in [0.2, 0.25) is 6.29 Å². The molecule has 1 heterocycles. The molecule has 0 atom stereocenters. The smallest absolute Gasteiger partial charge is 0.222 e. The van der Waals surface area contributed by atoms with Gasteiger partial charge in [-0.15, -0.1) is 0 Å². The van der Waals surface area contributed by atoms with E-state index in [-0.39, 0.29) is 36.1 Å². The molecular formula is C25H27F3O3. The minimum absolute atomic E-state index is 0.0613. The van der Waals surface area contributed by atoms with Gasteiger partial charge in [0.1, 0.15) is 11.6 Å². The molecule has 0 aliphatic carbocycles. The van der Waals surface area contributed by atoms with E-state index in [1.54, 1.807) is 12.1 Å². The zero-order valence-corrected chi connectivity index (χ0v) is 17.8. The first-order chi connectivity index (χ1) is 15.0. The highest BCUT2D eigenvalue weighted by Crippen LogP contribution is 2.27. The molecule has 0 N–H and O–H groups in total. The Morgan fingerprint density at radius 2 is 1.77 bits per heavy atom. The van der Waals surface area contributed by atoms with Gasteiger partial charge in [0, 0.05) is 12.0 Å². The highest BCUT2D eigenvalue weighted by Gasteiger charge is 2.25. The second-order valence-corrected chi connectivity index (χ2v) is 7.62. The molecule has 31 heavy (non-hydrogen) atoms. The van der Waals surface area contributed by atoms with Gasteiger partial charge in [0.05, 0.1) is 25.4 Å². The SMILES string of the molecule is CCCCCCOc1ccc(C2COC(C#Cc3ccc(C)c(F)c3F)OC2)c(F)c1. The van der Waals surface area contributed by atoms with E-state index in [0.29, 0.717) is 17.9 Å². The Bertz CT molecular complexity index is 941. The quantitative estimate of drug-likeness (QED) is 0.404. The normalized spacial score (nSPS) is 18.4. The fourth-order valence-corrected chi connectivity index (χ4v) is 3.29. The molecule has 1 fully saturated rings. The lowest BCUT2D eigenvalue weighted by atomic mass is 9.99. The van der Waals surface area contributed by atoms with Crippen LogP contribution in [0.3, 0.4) is 0 Å². The number of hydrogen-bond donors (Lipinski definition) is 0. The van der Waals surface area contributed by atoms with Crippen molar-refractivity contribution in [1.29, 1.82) is 0 Å². The summed E-state index contributed by atoms with van der Waals surface area (Å²) in [5.41, 5.74) is 0.635. The van der Waals surface area contributed by atoms with Crippen LogP contribution in [0.1, 0.15) is 55.2 Å². The molecule has 0 radical (unpaired) electrons. The Morgan fingerprint density at radius 3 is 2.48 bits per heavy atom. The molecule has 0 spiro atoms. The summed E-state index contributed by atoms with van der Waals surface area (Å²) in [6, 6.07) is 7.69. The van der Waals surface area contributed by atoms with Crippen molar-refractivity contribution in [2.24, 2.45) is 0 Å². The first kappa shape index (κ1) is 23.2. The molecule has 1 aliphatic heterocycles. The summed E-state index contributed by atoms with van der Waals surface area (Å²) in [5, 5.41) is 0. The summed E-state index contributed by atoms with van der Waals surface area (Å²) in [5.74, 6) is 3.14. The minimum Gasteiger partial charge on any atom is -0.493 e. The molecule has 0 aromatic heterocycles. The maximum atomic E-state index is 14.5. The first-order valence-corrected chi connectivity index (χ1v) is 10.6. The largest absolute Gasteiger partial charge is 0.493 e. The van der Waals surface area contributed by atoms with Crippen molar-refractivity contribution in [2.45, 2.75) is 51.7 Å². The Kier molecular flexibility index (Phi) is 8.39. The molecule has 0 unspecified atom stereocenters. The standard InChI is InChI=1S/C25H27F3O3/c1-3-4-5-6-13-29-20-10-11-21(22(26)14-20)19-15-30-23(31-16-19)12-9-18-8-7-17(2)24(27)25(18)28/h7-8,10-11,14,19,23H,3-6,13,15-16H2,1-2H3. The summed E-state index contributed by atoms with van der Waals surface area (Å²) in [6.07, 6.45) is 3.49. The van der Waals surface area contributed by atoms with E-state index < -0.39 is 17.9 Å². The molecular weight excluding hydrogens is 405 g/mol. The van der Waals surface area contributed by atoms with Crippen molar-refractivity contribution < 1.29 is 27.4 Å². The van der Waals surface area contributed by atoms with Crippen LogP contribution in [0.25, 0.3) is 0 Å². The van der Waals surface area contributed by atoms with Crippen LogP contribution in [-0.2, 0) is 9.47 Å². The average Bonchev–Trinajstić information content (AvgIpc) is 2.77. The monoisotopic (exact) mass is 432 g/mol. The Hall–Kier alpha value is -2.49. The summed E-state index contributed by atoms with van der Waals surface area (Å²) < 4.78 is 58.8. The van der Waals surface area contributed by atoms with Gasteiger partial charge < -0.3 is 14.2 Å². The van der Waals surface area contributed by atoms with Crippen molar-refractivity contribution in [3.63, 3.8) is 0 Å². The third kappa shape index (κ3) is 6.25. The van der Waals surface area contributed by atoms with Crippen molar-refractivity contribution in [3.05, 3.63) is 64.5 Å². The van der Waals surface area contributed by atoms with Crippen LogP contribution in [0.5, 0.6) is 5.75 Å². The minimum atomic E-state index is -0.990. The van der Waals surface area contributed by atoms with Crippen LogP contribution in [0.4, 0.5) is 13.2 Å². The fraction of sp³-hybridized carbons (Fsp3) is 0.440. The number of aryl methyl sites for hydroxylation is 1. The average molecular weight is 432 g/mol. The van der Waals surface area contributed by atoms with Crippen LogP contribution >= 0.6 is 0 Å². The highest BCUT2D eigenvalue weighted by molar-refractivity contribution is 5.39. The van der Waals surface area contributed by atoms with Gasteiger partial charge in [0.15, 0.2) is 11.6 Å². The van der Waals surface area contributed by atoms with Gasteiger partial charge in [-0.25, -0.2) is 13.2 Å². The predicted molar refractivity (Wildman–Crippen MR) is 112 cm³/mol. The maximum absolute atomic E-state index is 14.5. The Morgan fingerprint density at radius 1 is 1.00 bits per heavy atom. The number of rotatable bonds is 7. The van der Waals surface area contributed by atoms with E-state index in [1.165, 1.54) is 31.5 Å². The predicted octanol–water partition coefficient (Wildman–Crippen LogP) is 5.88. The van der Waals surface area contributed by atoms with Crippen molar-refractivity contribution in [1.82, 2.24) is 0 Å². The van der Waals surface area contributed by atoms with Crippen molar-refractivity contribution in [3.8, 4) is 17.6 Å². The Balaban J connectivity index is 1.53. The zero-order chi connectivity index (χ0) is 22.2. The Labute approximate surface area is 181 Å². The number of ether oxygens (including phenoxy) is 3. The molecule has 2 aromatic rings. The second-order valence-electron chi connectivity index (χ2n) is 7.62. The van der Waals surface area contributed by atoms with Gasteiger partial charge in [-0.3, -0.25) is 0 Å². The van der Waals surface area contributed by atoms with Gasteiger partial charge in [-0.2, -0.15) is 0 Å². The van der Waals surface area contributed by atoms with Crippen LogP contribution in [0.2, 0.25) is 0 Å². The topological polar surface area (TPSA) is 27.7 Å². The number of hydrogen-bond acceptors (Lipinski definition) is 3. The third-order valence-corrected chi connectivity index (χ3v) is 5.18. The van der Waals surface area contributed by atoms with Crippen LogP contribution < -0.4 is 4.74 Å². The van der Waals surface area contributed by atoms with E-state index in [4.69, 9.17) is 14.2 Å². The molecule has 0 amide bonds. The maximum Gasteiger partial charge on any atom is 0.222 e.